The first kappa shape index (κ1) is 27.7. The number of aromatic nitrogens is 1. The zero-order valence-electron chi connectivity index (χ0n) is 19.8. The highest BCUT2D eigenvalue weighted by atomic mass is 35.5. The topological polar surface area (TPSA) is 138 Å². The molecule has 3 aromatic rings. The van der Waals surface area contributed by atoms with E-state index in [1.165, 1.54) is 13.8 Å². The van der Waals surface area contributed by atoms with Crippen LogP contribution in [-0.2, 0) is 26.8 Å². The second-order valence-corrected chi connectivity index (χ2v) is 13.3. The summed E-state index contributed by atoms with van der Waals surface area (Å²) in [6.07, 6.45) is 1.78. The molecule has 0 bridgehead atoms. The second kappa shape index (κ2) is 10.4. The van der Waals surface area contributed by atoms with Crippen molar-refractivity contribution < 1.29 is 39.7 Å². The molecule has 0 radical (unpaired) electrons. The number of anilines is 1. The molecule has 14 heteroatoms. The van der Waals surface area contributed by atoms with E-state index in [1.807, 2.05) is 0 Å². The summed E-state index contributed by atoms with van der Waals surface area (Å²) in [5, 5.41) is -1.14. The fourth-order valence-corrected chi connectivity index (χ4v) is 4.99. The maximum absolute atomic E-state index is 11.6. The van der Waals surface area contributed by atoms with Crippen LogP contribution in [-0.4, -0.2) is 43.0 Å². The van der Waals surface area contributed by atoms with Gasteiger partial charge in [-0.05, 0) is 50.6 Å². The van der Waals surface area contributed by atoms with Crippen molar-refractivity contribution in [3.05, 3.63) is 58.2 Å². The van der Waals surface area contributed by atoms with Gasteiger partial charge in [0.05, 0.1) is 16.2 Å². The molecular formula is C23H25Cl2N2O8S2+. The molecule has 1 aliphatic heterocycles. The minimum absolute atomic E-state index is 0.0904. The summed E-state index contributed by atoms with van der Waals surface area (Å²) in [4.78, 5) is 1.72. The molecule has 2 N–H and O–H groups in total. The van der Waals surface area contributed by atoms with Crippen molar-refractivity contribution >= 4 is 66.3 Å². The summed E-state index contributed by atoms with van der Waals surface area (Å²) in [5.74, 6) is 1.10. The molecule has 4 rings (SSSR count). The zero-order valence-corrected chi connectivity index (χ0v) is 23.0. The Morgan fingerprint density at radius 3 is 2.27 bits per heavy atom. The van der Waals surface area contributed by atoms with Crippen molar-refractivity contribution in [1.82, 2.24) is 0 Å². The van der Waals surface area contributed by atoms with Crippen molar-refractivity contribution in [2.24, 2.45) is 0 Å². The van der Waals surface area contributed by atoms with Gasteiger partial charge < -0.3 is 14.1 Å². The molecule has 10 nitrogen and oxygen atoms in total. The molecule has 2 heterocycles. The van der Waals surface area contributed by atoms with Crippen LogP contribution in [0.2, 0.25) is 10.0 Å². The van der Waals surface area contributed by atoms with Crippen LogP contribution < -0.4 is 14.2 Å². The zero-order chi connectivity index (χ0) is 27.1. The molecule has 200 valence electrons. The molecule has 2 atom stereocenters. The summed E-state index contributed by atoms with van der Waals surface area (Å²) in [6, 6.07) is 10.0. The molecule has 2 unspecified atom stereocenters. The third-order valence-electron chi connectivity index (χ3n) is 6.17. The Hall–Kier alpha value is -2.35. The van der Waals surface area contributed by atoms with Gasteiger partial charge in [0, 0.05) is 29.1 Å². The van der Waals surface area contributed by atoms with E-state index in [4.69, 9.17) is 32.4 Å². The largest absolute Gasteiger partial charge is 0.438 e. The minimum atomic E-state index is -4.23. The highest BCUT2D eigenvalue weighted by Crippen LogP contribution is 2.41. The van der Waals surface area contributed by atoms with Gasteiger partial charge in [-0.25, -0.2) is 0 Å². The van der Waals surface area contributed by atoms with Gasteiger partial charge in [-0.3, -0.25) is 9.11 Å². The molecule has 0 amide bonds. The van der Waals surface area contributed by atoms with Crippen molar-refractivity contribution in [2.45, 2.75) is 43.7 Å². The Labute approximate surface area is 224 Å². The molecule has 1 aliphatic rings. The first-order valence-electron chi connectivity index (χ1n) is 11.2. The summed E-state index contributed by atoms with van der Waals surface area (Å²) in [6.45, 7) is 3.15. The monoisotopic (exact) mass is 591 g/mol. The predicted octanol–water partition coefficient (Wildman–Crippen LogP) is 4.56. The van der Waals surface area contributed by atoms with Crippen LogP contribution >= 0.6 is 23.2 Å². The molecule has 0 saturated heterocycles. The fraction of sp³-hybridized carbons (Fsp3) is 0.348. The van der Waals surface area contributed by atoms with Gasteiger partial charge >= 0.3 is 5.89 Å². The number of benzene rings is 2. The normalized spacial score (nSPS) is 16.7. The quantitative estimate of drug-likeness (QED) is 0.271. The number of rotatable bonds is 9. The third kappa shape index (κ3) is 6.21. The number of ether oxygens (including phenoxy) is 1. The van der Waals surface area contributed by atoms with Gasteiger partial charge in [0.25, 0.3) is 25.8 Å². The van der Waals surface area contributed by atoms with Gasteiger partial charge in [-0.1, -0.05) is 23.2 Å². The van der Waals surface area contributed by atoms with Gasteiger partial charge in [0.1, 0.15) is 6.08 Å². The van der Waals surface area contributed by atoms with Crippen LogP contribution in [0.4, 0.5) is 5.69 Å². The minimum Gasteiger partial charge on any atom is -0.438 e. The molecular weight excluding hydrogens is 567 g/mol. The van der Waals surface area contributed by atoms with Crippen LogP contribution in [0, 0.1) is 0 Å². The van der Waals surface area contributed by atoms with E-state index in [1.54, 1.807) is 51.9 Å². The standard InChI is InChI=1S/C23H24Cl2N2O8S2/c1-14(36(28,29)30)7-9-26-18-11-16(24)3-5-20(18)34-22(26)13-23-27(10-8-15(2)37(31,32)33)19-12-17(25)4-6-21(19)35-23/h3-6,11-15H,7-10H2,1-2H3,(H-,28,29,30,31,32,33)/p+1. The number of nitrogens with zero attached hydrogens (tertiary/aromatic N) is 2. The summed E-state index contributed by atoms with van der Waals surface area (Å²) in [5.41, 5.74) is 1.69. The van der Waals surface area contributed by atoms with E-state index in [-0.39, 0.29) is 25.9 Å². The lowest BCUT2D eigenvalue weighted by molar-refractivity contribution is -0.678. The first-order valence-corrected chi connectivity index (χ1v) is 15.0. The molecule has 0 saturated carbocycles. The van der Waals surface area contributed by atoms with Gasteiger partial charge in [0.2, 0.25) is 11.5 Å². The Bertz CT molecular complexity index is 1590. The number of aryl methyl sites for hydroxylation is 1. The van der Waals surface area contributed by atoms with E-state index in [0.29, 0.717) is 44.4 Å². The highest BCUT2D eigenvalue weighted by Gasteiger charge is 2.32. The van der Waals surface area contributed by atoms with Crippen molar-refractivity contribution in [2.75, 3.05) is 11.4 Å². The van der Waals surface area contributed by atoms with Gasteiger partial charge in [0.15, 0.2) is 12.3 Å². The number of halogens is 2. The van der Waals surface area contributed by atoms with E-state index >= 15 is 0 Å². The Morgan fingerprint density at radius 1 is 0.973 bits per heavy atom. The average molecular weight is 592 g/mol. The van der Waals surface area contributed by atoms with Crippen LogP contribution in [0.1, 0.15) is 32.6 Å². The van der Waals surface area contributed by atoms with Crippen LogP contribution in [0.25, 0.3) is 17.2 Å². The molecule has 0 spiro atoms. The van der Waals surface area contributed by atoms with E-state index < -0.39 is 30.7 Å². The average Bonchev–Trinajstić information content (AvgIpc) is 3.31. The SMILES string of the molecule is CC(CCN1C(=Cc2oc3ccc(Cl)cc3[n+]2CCC(C)S(=O)(=O)O)Oc2ccc(Cl)cc21)S(=O)(=O)O. The molecule has 1 aromatic heterocycles. The Balaban J connectivity index is 1.76. The molecule has 0 aliphatic carbocycles. The summed E-state index contributed by atoms with van der Waals surface area (Å²) < 4.78 is 78.8. The number of fused-ring (bicyclic) bond motifs is 2. The lowest BCUT2D eigenvalue weighted by atomic mass is 10.2. The van der Waals surface area contributed by atoms with Gasteiger partial charge in [-0.15, -0.1) is 0 Å². The second-order valence-electron chi connectivity index (χ2n) is 8.78. The molecule has 37 heavy (non-hydrogen) atoms. The van der Waals surface area contributed by atoms with E-state index in [2.05, 4.69) is 0 Å². The van der Waals surface area contributed by atoms with Crippen LogP contribution in [0.3, 0.4) is 0 Å². The Kier molecular flexibility index (Phi) is 7.80. The molecule has 2 aromatic carbocycles. The third-order valence-corrected chi connectivity index (χ3v) is 9.14. The van der Waals surface area contributed by atoms with Crippen molar-refractivity contribution in [1.29, 1.82) is 0 Å². The Morgan fingerprint density at radius 2 is 1.59 bits per heavy atom. The number of oxazole rings is 1. The van der Waals surface area contributed by atoms with Crippen LogP contribution in [0.5, 0.6) is 5.75 Å². The first-order chi connectivity index (χ1) is 17.2. The maximum Gasteiger partial charge on any atom is 0.379 e. The fourth-order valence-electron chi connectivity index (χ4n) is 3.85. The number of hydrogen-bond acceptors (Lipinski definition) is 7. The van der Waals surface area contributed by atoms with E-state index in [0.717, 1.165) is 0 Å². The summed E-state index contributed by atoms with van der Waals surface area (Å²) in [7, 11) is -8.46. The predicted molar refractivity (Wildman–Crippen MR) is 140 cm³/mol. The molecule has 0 fully saturated rings. The van der Waals surface area contributed by atoms with Crippen molar-refractivity contribution in [3.8, 4) is 5.75 Å². The highest BCUT2D eigenvalue weighted by molar-refractivity contribution is 7.86. The summed E-state index contributed by atoms with van der Waals surface area (Å²) >= 11 is 12.4. The smallest absolute Gasteiger partial charge is 0.379 e. The van der Waals surface area contributed by atoms with E-state index in [9.17, 15) is 25.9 Å². The van der Waals surface area contributed by atoms with Crippen molar-refractivity contribution in [3.63, 3.8) is 0 Å². The lowest BCUT2D eigenvalue weighted by Crippen LogP contribution is -2.38. The lowest BCUT2D eigenvalue weighted by Gasteiger charge is -2.19. The van der Waals surface area contributed by atoms with Crippen LogP contribution in [0.15, 0.2) is 46.7 Å². The van der Waals surface area contributed by atoms with Gasteiger partial charge in [-0.2, -0.15) is 21.4 Å². The maximum atomic E-state index is 11.6. The number of hydrogen-bond donors (Lipinski definition) is 2.